The molecule has 18 heavy (non-hydrogen) atoms. The molecule has 1 aromatic rings. The standard InChI is InChI=1S/C14H19BrClNO/c1-3-5-12-13(17-6-4-2)10-7-9(16)8-11(15)14(10)18-12/h7-8,12-13,17H,3-6H2,1-2H3. The Labute approximate surface area is 122 Å². The minimum atomic E-state index is 0.214. The van der Waals surface area contributed by atoms with E-state index in [1.165, 1.54) is 5.56 Å². The first-order valence-corrected chi connectivity index (χ1v) is 7.73. The Balaban J connectivity index is 2.29. The van der Waals surface area contributed by atoms with E-state index in [2.05, 4.69) is 35.1 Å². The van der Waals surface area contributed by atoms with Crippen molar-refractivity contribution in [3.05, 3.63) is 27.2 Å². The van der Waals surface area contributed by atoms with E-state index in [-0.39, 0.29) is 12.1 Å². The van der Waals surface area contributed by atoms with E-state index in [1.807, 2.05) is 12.1 Å². The van der Waals surface area contributed by atoms with Crippen LogP contribution >= 0.6 is 27.5 Å². The normalized spacial score (nSPS) is 21.8. The van der Waals surface area contributed by atoms with Crippen molar-refractivity contribution in [2.75, 3.05) is 6.54 Å². The monoisotopic (exact) mass is 331 g/mol. The highest BCUT2D eigenvalue weighted by atomic mass is 79.9. The van der Waals surface area contributed by atoms with E-state index in [0.717, 1.165) is 41.1 Å². The SMILES string of the molecule is CCCNC1c2cc(Cl)cc(Br)c2OC1CCC. The van der Waals surface area contributed by atoms with Gasteiger partial charge >= 0.3 is 0 Å². The summed E-state index contributed by atoms with van der Waals surface area (Å²) < 4.78 is 7.03. The highest BCUT2D eigenvalue weighted by molar-refractivity contribution is 9.10. The predicted octanol–water partition coefficient (Wildman–Crippen LogP) is 4.70. The van der Waals surface area contributed by atoms with Crippen molar-refractivity contribution in [3.63, 3.8) is 0 Å². The molecule has 0 saturated carbocycles. The summed E-state index contributed by atoms with van der Waals surface area (Å²) >= 11 is 9.67. The fraction of sp³-hybridized carbons (Fsp3) is 0.571. The molecule has 2 atom stereocenters. The van der Waals surface area contributed by atoms with Crippen LogP contribution in [0.1, 0.15) is 44.7 Å². The van der Waals surface area contributed by atoms with Gasteiger partial charge in [-0.15, -0.1) is 0 Å². The molecule has 4 heteroatoms. The van der Waals surface area contributed by atoms with Crippen molar-refractivity contribution in [1.29, 1.82) is 0 Å². The molecule has 0 aliphatic carbocycles. The summed E-state index contributed by atoms with van der Waals surface area (Å²) in [7, 11) is 0. The zero-order chi connectivity index (χ0) is 13.1. The Morgan fingerprint density at radius 3 is 2.78 bits per heavy atom. The van der Waals surface area contributed by atoms with Crippen molar-refractivity contribution >= 4 is 27.5 Å². The van der Waals surface area contributed by atoms with Crippen molar-refractivity contribution < 1.29 is 4.74 Å². The Morgan fingerprint density at radius 1 is 1.33 bits per heavy atom. The van der Waals surface area contributed by atoms with Gasteiger partial charge in [-0.2, -0.15) is 0 Å². The first-order chi connectivity index (χ1) is 8.67. The summed E-state index contributed by atoms with van der Waals surface area (Å²) in [5.74, 6) is 0.950. The Hall–Kier alpha value is -0.250. The molecule has 0 amide bonds. The maximum absolute atomic E-state index is 6.14. The number of nitrogens with one attached hydrogen (secondary N) is 1. The van der Waals surface area contributed by atoms with Gasteiger partial charge in [-0.1, -0.05) is 31.9 Å². The molecular weight excluding hydrogens is 314 g/mol. The number of hydrogen-bond acceptors (Lipinski definition) is 2. The number of ether oxygens (including phenoxy) is 1. The lowest BCUT2D eigenvalue weighted by Crippen LogP contribution is -2.31. The quantitative estimate of drug-likeness (QED) is 0.843. The summed E-state index contributed by atoms with van der Waals surface area (Å²) in [5.41, 5.74) is 1.18. The van der Waals surface area contributed by atoms with E-state index in [0.29, 0.717) is 0 Å². The Kier molecular flexibility index (Phi) is 4.93. The summed E-state index contributed by atoms with van der Waals surface area (Å²) in [4.78, 5) is 0. The second kappa shape index (κ2) is 6.27. The summed E-state index contributed by atoms with van der Waals surface area (Å²) in [6, 6.07) is 4.17. The third-order valence-electron chi connectivity index (χ3n) is 3.20. The number of rotatable bonds is 5. The summed E-state index contributed by atoms with van der Waals surface area (Å²) in [6.07, 6.45) is 3.51. The second-order valence-electron chi connectivity index (χ2n) is 4.68. The molecule has 1 aliphatic heterocycles. The topological polar surface area (TPSA) is 21.3 Å². The van der Waals surface area contributed by atoms with Gasteiger partial charge in [0.1, 0.15) is 11.9 Å². The third-order valence-corrected chi connectivity index (χ3v) is 4.01. The maximum Gasteiger partial charge on any atom is 0.139 e. The van der Waals surface area contributed by atoms with Gasteiger partial charge in [0, 0.05) is 10.6 Å². The highest BCUT2D eigenvalue weighted by Gasteiger charge is 2.34. The molecule has 1 aromatic carbocycles. The van der Waals surface area contributed by atoms with Crippen molar-refractivity contribution in [3.8, 4) is 5.75 Å². The predicted molar refractivity (Wildman–Crippen MR) is 79.5 cm³/mol. The lowest BCUT2D eigenvalue weighted by atomic mass is 10.0. The Morgan fingerprint density at radius 2 is 2.11 bits per heavy atom. The molecule has 0 aromatic heterocycles. The van der Waals surface area contributed by atoms with Gasteiger partial charge < -0.3 is 10.1 Å². The number of halogens is 2. The van der Waals surface area contributed by atoms with Crippen molar-refractivity contribution in [2.45, 2.75) is 45.3 Å². The molecular formula is C14H19BrClNO. The van der Waals surface area contributed by atoms with Crippen molar-refractivity contribution in [1.82, 2.24) is 5.32 Å². The zero-order valence-electron chi connectivity index (χ0n) is 10.8. The minimum Gasteiger partial charge on any atom is -0.487 e. The van der Waals surface area contributed by atoms with Crippen molar-refractivity contribution in [2.24, 2.45) is 0 Å². The van der Waals surface area contributed by atoms with Gasteiger partial charge in [0.2, 0.25) is 0 Å². The molecule has 2 nitrogen and oxygen atoms in total. The van der Waals surface area contributed by atoms with E-state index >= 15 is 0 Å². The van der Waals surface area contributed by atoms with E-state index in [9.17, 15) is 0 Å². The van der Waals surface area contributed by atoms with Gasteiger partial charge in [-0.05, 0) is 47.4 Å². The molecule has 1 heterocycles. The van der Waals surface area contributed by atoms with Gasteiger partial charge in [0.15, 0.2) is 0 Å². The van der Waals surface area contributed by atoms with Crippen LogP contribution in [0.15, 0.2) is 16.6 Å². The van der Waals surface area contributed by atoms with E-state index in [1.54, 1.807) is 0 Å². The van der Waals surface area contributed by atoms with Crippen LogP contribution in [-0.2, 0) is 0 Å². The van der Waals surface area contributed by atoms with E-state index in [4.69, 9.17) is 16.3 Å². The molecule has 1 N–H and O–H groups in total. The first-order valence-electron chi connectivity index (χ1n) is 6.56. The molecule has 0 fully saturated rings. The maximum atomic E-state index is 6.14. The van der Waals surface area contributed by atoms with Crippen LogP contribution in [0.2, 0.25) is 5.02 Å². The molecule has 100 valence electrons. The van der Waals surface area contributed by atoms with Crippen LogP contribution in [0.25, 0.3) is 0 Å². The van der Waals surface area contributed by atoms with Crippen LogP contribution in [0, 0.1) is 0 Å². The molecule has 0 spiro atoms. The number of hydrogen-bond donors (Lipinski definition) is 1. The van der Waals surface area contributed by atoms with Crippen LogP contribution in [0.3, 0.4) is 0 Å². The third kappa shape index (κ3) is 2.84. The van der Waals surface area contributed by atoms with Crippen LogP contribution in [0.5, 0.6) is 5.75 Å². The van der Waals surface area contributed by atoms with Crippen LogP contribution in [-0.4, -0.2) is 12.6 Å². The number of benzene rings is 1. The average molecular weight is 333 g/mol. The molecule has 0 bridgehead atoms. The molecule has 2 unspecified atom stereocenters. The lowest BCUT2D eigenvalue weighted by Gasteiger charge is -2.19. The lowest BCUT2D eigenvalue weighted by molar-refractivity contribution is 0.177. The van der Waals surface area contributed by atoms with Crippen LogP contribution in [0.4, 0.5) is 0 Å². The van der Waals surface area contributed by atoms with Gasteiger partial charge in [-0.3, -0.25) is 0 Å². The molecule has 1 aliphatic rings. The van der Waals surface area contributed by atoms with Gasteiger partial charge in [0.05, 0.1) is 10.5 Å². The zero-order valence-corrected chi connectivity index (χ0v) is 13.1. The molecule has 0 radical (unpaired) electrons. The summed E-state index contributed by atoms with van der Waals surface area (Å²) in [5, 5.41) is 4.33. The minimum absolute atomic E-state index is 0.214. The molecule has 2 rings (SSSR count). The fourth-order valence-electron chi connectivity index (χ4n) is 2.41. The average Bonchev–Trinajstić information content (AvgIpc) is 2.65. The van der Waals surface area contributed by atoms with Gasteiger partial charge in [0.25, 0.3) is 0 Å². The second-order valence-corrected chi connectivity index (χ2v) is 5.97. The summed E-state index contributed by atoms with van der Waals surface area (Å²) in [6.45, 7) is 5.36. The van der Waals surface area contributed by atoms with Crippen LogP contribution < -0.4 is 10.1 Å². The van der Waals surface area contributed by atoms with Gasteiger partial charge in [-0.25, -0.2) is 0 Å². The Bertz CT molecular complexity index is 425. The largest absolute Gasteiger partial charge is 0.487 e. The van der Waals surface area contributed by atoms with E-state index < -0.39 is 0 Å². The molecule has 0 saturated heterocycles. The fourth-order valence-corrected chi connectivity index (χ4v) is 3.33. The first kappa shape index (κ1) is 14.2. The highest BCUT2D eigenvalue weighted by Crippen LogP contribution is 2.44. The smallest absolute Gasteiger partial charge is 0.139 e. The number of fused-ring (bicyclic) bond motifs is 1.